The van der Waals surface area contributed by atoms with Gasteiger partial charge in [-0.15, -0.1) is 0 Å². The maximum Gasteiger partial charge on any atom is 0.179 e. The molecule has 1 aromatic rings. The highest BCUT2D eigenvalue weighted by molar-refractivity contribution is 6.29. The Labute approximate surface area is 57.0 Å². The predicted octanol–water partition coefficient (Wildman–Crippen LogP) is 0.237. The zero-order chi connectivity index (χ0) is 6.97. The summed E-state index contributed by atoms with van der Waals surface area (Å²) in [6, 6.07) is 0. The van der Waals surface area contributed by atoms with Gasteiger partial charge in [-0.3, -0.25) is 4.79 Å². The van der Waals surface area contributed by atoms with Crippen molar-refractivity contribution in [1.82, 2.24) is 9.97 Å². The summed E-state index contributed by atoms with van der Waals surface area (Å²) in [7, 11) is 0. The van der Waals surface area contributed by atoms with Crippen LogP contribution < -0.4 is 0 Å². The molecule has 2 heterocycles. The van der Waals surface area contributed by atoms with Crippen LogP contribution in [0.1, 0.15) is 5.69 Å². The van der Waals surface area contributed by atoms with Gasteiger partial charge in [0, 0.05) is 0 Å². The monoisotopic (exact) mass is 135 g/mol. The molecule has 4 nitrogen and oxygen atoms in total. The van der Waals surface area contributed by atoms with E-state index in [0.717, 1.165) is 5.69 Å². The highest BCUT2D eigenvalue weighted by atomic mass is 16.1. The summed E-state index contributed by atoms with van der Waals surface area (Å²) < 4.78 is 0. The lowest BCUT2D eigenvalue weighted by atomic mass is 10.2. The van der Waals surface area contributed by atoms with Crippen LogP contribution in [-0.4, -0.2) is 22.0 Å². The molecule has 0 spiro atoms. The standard InChI is InChI=1S/C6H5N3O/c10-4-1-5-6(7-2-4)9-3-8-5/h2-3H,1H2,(H,8,9). The summed E-state index contributed by atoms with van der Waals surface area (Å²) >= 11 is 0. The zero-order valence-corrected chi connectivity index (χ0v) is 5.16. The second kappa shape index (κ2) is 1.76. The summed E-state index contributed by atoms with van der Waals surface area (Å²) in [5.74, 6) is 0.663. The number of hydrogen-bond donors (Lipinski definition) is 1. The number of aromatic amines is 1. The molecule has 0 radical (unpaired) electrons. The number of hydrogen-bond acceptors (Lipinski definition) is 3. The van der Waals surface area contributed by atoms with Crippen LogP contribution in [0.15, 0.2) is 11.3 Å². The summed E-state index contributed by atoms with van der Waals surface area (Å²) in [5, 5.41) is 0. The van der Waals surface area contributed by atoms with Crippen LogP contribution in [0.3, 0.4) is 0 Å². The number of rotatable bonds is 0. The van der Waals surface area contributed by atoms with E-state index >= 15 is 0 Å². The van der Waals surface area contributed by atoms with Crippen LogP contribution in [0.4, 0.5) is 5.82 Å². The number of imidazole rings is 1. The molecule has 0 aliphatic carbocycles. The van der Waals surface area contributed by atoms with Gasteiger partial charge in [-0.1, -0.05) is 0 Å². The van der Waals surface area contributed by atoms with Gasteiger partial charge in [-0.2, -0.15) is 0 Å². The van der Waals surface area contributed by atoms with E-state index in [4.69, 9.17) is 0 Å². The molecule has 2 rings (SSSR count). The van der Waals surface area contributed by atoms with Gasteiger partial charge in [0.15, 0.2) is 11.6 Å². The first kappa shape index (κ1) is 5.34. The van der Waals surface area contributed by atoms with Gasteiger partial charge in [-0.25, -0.2) is 9.98 Å². The van der Waals surface area contributed by atoms with E-state index < -0.39 is 0 Å². The number of ketones is 1. The highest BCUT2D eigenvalue weighted by Gasteiger charge is 2.12. The van der Waals surface area contributed by atoms with Gasteiger partial charge < -0.3 is 4.98 Å². The molecule has 1 aliphatic rings. The van der Waals surface area contributed by atoms with E-state index in [9.17, 15) is 4.79 Å². The molecule has 0 aromatic carbocycles. The van der Waals surface area contributed by atoms with Crippen molar-refractivity contribution in [2.45, 2.75) is 6.42 Å². The highest BCUT2D eigenvalue weighted by Crippen LogP contribution is 2.16. The number of H-pyrrole nitrogens is 1. The molecule has 0 unspecified atom stereocenters. The average Bonchev–Trinajstić information content (AvgIpc) is 2.33. The van der Waals surface area contributed by atoms with Crippen molar-refractivity contribution in [2.24, 2.45) is 4.99 Å². The molecule has 4 heteroatoms. The van der Waals surface area contributed by atoms with Crippen molar-refractivity contribution in [3.8, 4) is 0 Å². The van der Waals surface area contributed by atoms with Crippen molar-refractivity contribution in [3.05, 3.63) is 12.0 Å². The molecule has 0 saturated carbocycles. The zero-order valence-electron chi connectivity index (χ0n) is 5.16. The molecule has 0 amide bonds. The minimum absolute atomic E-state index is 0.0248. The topological polar surface area (TPSA) is 58.1 Å². The third-order valence-corrected chi connectivity index (χ3v) is 1.38. The van der Waals surface area contributed by atoms with E-state index in [1.54, 1.807) is 6.33 Å². The molecule has 0 atom stereocenters. The number of nitrogens with one attached hydrogen (secondary N) is 1. The van der Waals surface area contributed by atoms with Crippen molar-refractivity contribution < 1.29 is 4.79 Å². The predicted molar refractivity (Wildman–Crippen MR) is 35.5 cm³/mol. The van der Waals surface area contributed by atoms with E-state index in [0.29, 0.717) is 12.2 Å². The molecule has 0 saturated heterocycles. The lowest BCUT2D eigenvalue weighted by Gasteiger charge is -1.98. The lowest BCUT2D eigenvalue weighted by Crippen LogP contribution is -2.07. The number of nitrogens with zero attached hydrogens (tertiary/aromatic N) is 2. The summed E-state index contributed by atoms with van der Waals surface area (Å²) in [6.45, 7) is 0. The Morgan fingerprint density at radius 1 is 1.60 bits per heavy atom. The van der Waals surface area contributed by atoms with Crippen LogP contribution in [0.25, 0.3) is 0 Å². The number of carbonyl (C=O) groups excluding carboxylic acids is 1. The number of aliphatic imine (C=N–C) groups is 1. The van der Waals surface area contributed by atoms with Crippen LogP contribution in [0, 0.1) is 0 Å². The molecular formula is C6H5N3O. The Morgan fingerprint density at radius 2 is 2.50 bits per heavy atom. The van der Waals surface area contributed by atoms with Gasteiger partial charge in [0.05, 0.1) is 24.7 Å². The van der Waals surface area contributed by atoms with Crippen molar-refractivity contribution in [1.29, 1.82) is 0 Å². The molecule has 10 heavy (non-hydrogen) atoms. The Morgan fingerprint density at radius 3 is 3.40 bits per heavy atom. The van der Waals surface area contributed by atoms with Crippen LogP contribution in [0.2, 0.25) is 0 Å². The average molecular weight is 135 g/mol. The smallest absolute Gasteiger partial charge is 0.179 e. The Kier molecular flexibility index (Phi) is 0.943. The van der Waals surface area contributed by atoms with Gasteiger partial charge in [0.25, 0.3) is 0 Å². The molecule has 1 aliphatic heterocycles. The van der Waals surface area contributed by atoms with Crippen molar-refractivity contribution >= 4 is 17.8 Å². The number of aromatic nitrogens is 2. The fraction of sp³-hybridized carbons (Fsp3) is 0.167. The van der Waals surface area contributed by atoms with Crippen molar-refractivity contribution in [3.63, 3.8) is 0 Å². The van der Waals surface area contributed by atoms with Crippen LogP contribution >= 0.6 is 0 Å². The third kappa shape index (κ3) is 0.655. The second-order valence-corrected chi connectivity index (χ2v) is 2.11. The van der Waals surface area contributed by atoms with Crippen molar-refractivity contribution in [2.75, 3.05) is 0 Å². The maximum atomic E-state index is 10.7. The van der Waals surface area contributed by atoms with Gasteiger partial charge in [-0.05, 0) is 0 Å². The SMILES string of the molecule is O=C1C=Nc2nc[nH]c2C1. The molecule has 1 N–H and O–H groups in total. The third-order valence-electron chi connectivity index (χ3n) is 1.38. The largest absolute Gasteiger partial charge is 0.346 e. The molecule has 1 aromatic heterocycles. The summed E-state index contributed by atoms with van der Waals surface area (Å²) in [5.41, 5.74) is 0.813. The van der Waals surface area contributed by atoms with Crippen LogP contribution in [0.5, 0.6) is 0 Å². The Balaban J connectivity index is 2.52. The first-order valence-corrected chi connectivity index (χ1v) is 2.95. The number of carbonyl (C=O) groups is 1. The van der Waals surface area contributed by atoms with E-state index in [2.05, 4.69) is 15.0 Å². The minimum Gasteiger partial charge on any atom is -0.346 e. The van der Waals surface area contributed by atoms with Crippen LogP contribution in [-0.2, 0) is 11.2 Å². The second-order valence-electron chi connectivity index (χ2n) is 2.11. The van der Waals surface area contributed by atoms with E-state index in [1.165, 1.54) is 6.21 Å². The molecular weight excluding hydrogens is 130 g/mol. The van der Waals surface area contributed by atoms with E-state index in [1.807, 2.05) is 0 Å². The first-order valence-electron chi connectivity index (χ1n) is 2.95. The fourth-order valence-corrected chi connectivity index (χ4v) is 0.908. The van der Waals surface area contributed by atoms with Gasteiger partial charge in [0.1, 0.15) is 0 Å². The number of fused-ring (bicyclic) bond motifs is 1. The normalized spacial score (nSPS) is 15.4. The molecule has 50 valence electrons. The number of Topliss-reactive ketones (excluding diaryl/α,β-unsaturated/α-hetero) is 1. The fourth-order valence-electron chi connectivity index (χ4n) is 0.908. The quantitative estimate of drug-likeness (QED) is 0.553. The Bertz CT molecular complexity index is 300. The minimum atomic E-state index is 0.0248. The Hall–Kier alpha value is -1.45. The molecule has 0 bridgehead atoms. The first-order chi connectivity index (χ1) is 4.86. The maximum absolute atomic E-state index is 10.7. The van der Waals surface area contributed by atoms with Gasteiger partial charge >= 0.3 is 0 Å². The van der Waals surface area contributed by atoms with Gasteiger partial charge in [0.2, 0.25) is 0 Å². The summed E-state index contributed by atoms with van der Waals surface area (Å²) in [6.07, 6.45) is 3.25. The summed E-state index contributed by atoms with van der Waals surface area (Å²) in [4.78, 5) is 21.3. The molecule has 0 fully saturated rings. The van der Waals surface area contributed by atoms with E-state index in [-0.39, 0.29) is 5.78 Å². The lowest BCUT2D eigenvalue weighted by molar-refractivity contribution is -0.112.